The fourth-order valence-electron chi connectivity index (χ4n) is 3.76. The smallest absolute Gasteiger partial charge is 0.407 e. The monoisotopic (exact) mass is 400 g/mol. The second-order valence-electron chi connectivity index (χ2n) is 6.99. The Balaban J connectivity index is 1.35. The Labute approximate surface area is 174 Å². The summed E-state index contributed by atoms with van der Waals surface area (Å²) < 4.78 is 18.7. The van der Waals surface area contributed by atoms with Crippen molar-refractivity contribution in [3.05, 3.63) is 94.8 Å². The van der Waals surface area contributed by atoms with Crippen LogP contribution in [-0.2, 0) is 11.3 Å². The van der Waals surface area contributed by atoms with Crippen molar-refractivity contribution in [1.29, 1.82) is 0 Å². The molecule has 3 aromatic carbocycles. The van der Waals surface area contributed by atoms with Crippen LogP contribution in [0.5, 0.6) is 0 Å². The van der Waals surface area contributed by atoms with Gasteiger partial charge in [-0.2, -0.15) is 0 Å². The maximum absolute atomic E-state index is 13.2. The Bertz CT molecular complexity index is 1100. The van der Waals surface area contributed by atoms with Crippen LogP contribution in [0.2, 0.25) is 0 Å². The molecule has 0 saturated heterocycles. The lowest BCUT2D eigenvalue weighted by Crippen LogP contribution is -2.26. The predicted octanol–water partition coefficient (Wildman–Crippen LogP) is 4.17. The van der Waals surface area contributed by atoms with Gasteiger partial charge in [-0.15, -0.1) is 0 Å². The summed E-state index contributed by atoms with van der Waals surface area (Å²) in [7, 11) is 0. The molecular formula is C25H21FN2O2. The zero-order valence-corrected chi connectivity index (χ0v) is 16.3. The molecule has 0 unspecified atom stereocenters. The minimum absolute atomic E-state index is 0.0144. The lowest BCUT2D eigenvalue weighted by molar-refractivity contribution is 0.144. The number of carbonyl (C=O) groups excluding carboxylic acids is 1. The minimum atomic E-state index is -0.524. The number of carbonyl (C=O) groups is 1. The number of alkyl carbamates (subject to hydrolysis) is 1. The van der Waals surface area contributed by atoms with Gasteiger partial charge in [0.2, 0.25) is 0 Å². The summed E-state index contributed by atoms with van der Waals surface area (Å²) in [5.41, 5.74) is 11.6. The largest absolute Gasteiger partial charge is 0.449 e. The molecule has 0 radical (unpaired) electrons. The van der Waals surface area contributed by atoms with E-state index in [0.717, 1.165) is 11.1 Å². The van der Waals surface area contributed by atoms with Gasteiger partial charge in [0.05, 0.1) is 6.54 Å². The summed E-state index contributed by atoms with van der Waals surface area (Å²) in [5, 5.41) is 2.63. The molecule has 0 spiro atoms. The van der Waals surface area contributed by atoms with Crippen molar-refractivity contribution in [2.24, 2.45) is 5.73 Å². The van der Waals surface area contributed by atoms with Crippen molar-refractivity contribution in [2.45, 2.75) is 12.5 Å². The van der Waals surface area contributed by atoms with Crippen LogP contribution in [0, 0.1) is 17.7 Å². The van der Waals surface area contributed by atoms with E-state index < -0.39 is 6.09 Å². The molecule has 1 aliphatic carbocycles. The Morgan fingerprint density at radius 2 is 1.70 bits per heavy atom. The van der Waals surface area contributed by atoms with Crippen LogP contribution in [0.25, 0.3) is 11.1 Å². The van der Waals surface area contributed by atoms with Crippen molar-refractivity contribution < 1.29 is 13.9 Å². The highest BCUT2D eigenvalue weighted by atomic mass is 19.1. The Hall–Kier alpha value is -3.62. The summed E-state index contributed by atoms with van der Waals surface area (Å²) in [6.07, 6.45) is -0.524. The van der Waals surface area contributed by atoms with E-state index in [0.29, 0.717) is 11.1 Å². The number of halogens is 1. The van der Waals surface area contributed by atoms with Crippen LogP contribution >= 0.6 is 0 Å². The number of amides is 1. The number of nitrogens with one attached hydrogen (secondary N) is 1. The average molecular weight is 400 g/mol. The summed E-state index contributed by atoms with van der Waals surface area (Å²) in [6.45, 7) is 0.572. The van der Waals surface area contributed by atoms with E-state index in [9.17, 15) is 9.18 Å². The Morgan fingerprint density at radius 1 is 1.03 bits per heavy atom. The first-order valence-corrected chi connectivity index (χ1v) is 9.73. The van der Waals surface area contributed by atoms with E-state index in [1.165, 1.54) is 23.3 Å². The van der Waals surface area contributed by atoms with Crippen molar-refractivity contribution >= 4 is 6.09 Å². The average Bonchev–Trinajstić information content (AvgIpc) is 3.10. The molecule has 0 saturated carbocycles. The Morgan fingerprint density at radius 3 is 2.37 bits per heavy atom. The number of nitrogens with two attached hydrogens (primary N) is 1. The van der Waals surface area contributed by atoms with Crippen LogP contribution in [0.1, 0.15) is 28.2 Å². The molecule has 0 aliphatic heterocycles. The molecule has 0 fully saturated rings. The highest BCUT2D eigenvalue weighted by molar-refractivity contribution is 5.79. The standard InChI is InChI=1S/C25H21FN2O2/c26-19-12-11-17(18(14-19)15-27)6-5-13-28-25(29)30-16-24-22-9-3-1-7-20(22)21-8-2-4-10-23(21)24/h1-4,7-12,14,24H,13,15-16,27H2,(H,28,29). The van der Waals surface area contributed by atoms with Crippen molar-refractivity contribution in [2.75, 3.05) is 13.2 Å². The zero-order valence-electron chi connectivity index (χ0n) is 16.3. The summed E-state index contributed by atoms with van der Waals surface area (Å²) >= 11 is 0. The normalized spacial score (nSPS) is 11.8. The van der Waals surface area contributed by atoms with Gasteiger partial charge in [-0.1, -0.05) is 60.4 Å². The molecule has 0 bridgehead atoms. The van der Waals surface area contributed by atoms with Crippen LogP contribution in [-0.4, -0.2) is 19.2 Å². The Kier molecular flexibility index (Phi) is 5.78. The molecule has 3 N–H and O–H groups in total. The van der Waals surface area contributed by atoms with Gasteiger partial charge in [0.25, 0.3) is 0 Å². The molecule has 150 valence electrons. The number of rotatable bonds is 4. The molecule has 0 atom stereocenters. The van der Waals surface area contributed by atoms with Gasteiger partial charge >= 0.3 is 6.09 Å². The fraction of sp³-hybridized carbons (Fsp3) is 0.160. The minimum Gasteiger partial charge on any atom is -0.449 e. The summed E-state index contributed by atoms with van der Waals surface area (Å²) in [5.74, 6) is 5.41. The summed E-state index contributed by atoms with van der Waals surface area (Å²) in [6, 6.07) is 20.6. The third-order valence-electron chi connectivity index (χ3n) is 5.18. The lowest BCUT2D eigenvalue weighted by atomic mass is 9.98. The van der Waals surface area contributed by atoms with Gasteiger partial charge in [0, 0.05) is 18.0 Å². The van der Waals surface area contributed by atoms with Gasteiger partial charge in [0.1, 0.15) is 12.4 Å². The van der Waals surface area contributed by atoms with Crippen molar-refractivity contribution in [3.8, 4) is 23.0 Å². The van der Waals surface area contributed by atoms with Crippen LogP contribution < -0.4 is 11.1 Å². The van der Waals surface area contributed by atoms with E-state index >= 15 is 0 Å². The van der Waals surface area contributed by atoms with Crippen LogP contribution in [0.4, 0.5) is 9.18 Å². The van der Waals surface area contributed by atoms with Gasteiger partial charge in [-0.05, 0) is 46.0 Å². The molecule has 0 aromatic heterocycles. The van der Waals surface area contributed by atoms with Gasteiger partial charge in [-0.25, -0.2) is 9.18 Å². The molecule has 1 aliphatic rings. The second kappa shape index (κ2) is 8.81. The maximum atomic E-state index is 13.2. The van der Waals surface area contributed by atoms with Crippen molar-refractivity contribution in [3.63, 3.8) is 0 Å². The topological polar surface area (TPSA) is 64.3 Å². The van der Waals surface area contributed by atoms with E-state index in [1.54, 1.807) is 6.07 Å². The van der Waals surface area contributed by atoms with E-state index in [2.05, 4.69) is 41.4 Å². The van der Waals surface area contributed by atoms with E-state index in [-0.39, 0.29) is 31.4 Å². The number of hydrogen-bond acceptors (Lipinski definition) is 3. The van der Waals surface area contributed by atoms with Crippen LogP contribution in [0.15, 0.2) is 66.7 Å². The lowest BCUT2D eigenvalue weighted by Gasteiger charge is -2.14. The summed E-state index contributed by atoms with van der Waals surface area (Å²) in [4.78, 5) is 12.1. The van der Waals surface area contributed by atoms with E-state index in [4.69, 9.17) is 10.5 Å². The fourth-order valence-corrected chi connectivity index (χ4v) is 3.76. The second-order valence-corrected chi connectivity index (χ2v) is 6.99. The molecule has 30 heavy (non-hydrogen) atoms. The zero-order chi connectivity index (χ0) is 20.9. The molecule has 0 heterocycles. The number of hydrogen-bond donors (Lipinski definition) is 2. The van der Waals surface area contributed by atoms with E-state index in [1.807, 2.05) is 24.3 Å². The number of benzene rings is 3. The number of fused-ring (bicyclic) bond motifs is 3. The first-order valence-electron chi connectivity index (χ1n) is 9.73. The molecule has 1 amide bonds. The first kappa shape index (κ1) is 19.7. The quantitative estimate of drug-likeness (QED) is 0.646. The third-order valence-corrected chi connectivity index (χ3v) is 5.18. The third kappa shape index (κ3) is 4.05. The molecular weight excluding hydrogens is 379 g/mol. The molecule has 4 nitrogen and oxygen atoms in total. The van der Waals surface area contributed by atoms with Gasteiger partial charge in [-0.3, -0.25) is 0 Å². The van der Waals surface area contributed by atoms with Crippen molar-refractivity contribution in [1.82, 2.24) is 5.32 Å². The highest BCUT2D eigenvalue weighted by Crippen LogP contribution is 2.44. The van der Waals surface area contributed by atoms with Crippen LogP contribution in [0.3, 0.4) is 0 Å². The predicted molar refractivity (Wildman–Crippen MR) is 114 cm³/mol. The highest BCUT2D eigenvalue weighted by Gasteiger charge is 2.28. The SMILES string of the molecule is NCc1cc(F)ccc1C#CCNC(=O)OCC1c2ccccc2-c2ccccc21. The molecule has 4 rings (SSSR count). The maximum Gasteiger partial charge on any atom is 0.407 e. The van der Waals surface area contributed by atoms with Gasteiger partial charge in [0.15, 0.2) is 0 Å². The number of ether oxygens (including phenoxy) is 1. The molecule has 5 heteroatoms. The first-order chi connectivity index (χ1) is 14.7. The van der Waals surface area contributed by atoms with Gasteiger partial charge < -0.3 is 15.8 Å². The molecule has 3 aromatic rings.